The predicted molar refractivity (Wildman–Crippen MR) is 122 cm³/mol. The lowest BCUT2D eigenvalue weighted by Crippen LogP contribution is -2.02. The first-order chi connectivity index (χ1) is 13.4. The maximum absolute atomic E-state index is 10.4. The number of rotatable bonds is 6. The molecule has 28 heavy (non-hydrogen) atoms. The molecule has 0 aromatic heterocycles. The van der Waals surface area contributed by atoms with Gasteiger partial charge in [-0.05, 0) is 47.9 Å². The molecule has 0 saturated heterocycles. The summed E-state index contributed by atoms with van der Waals surface area (Å²) in [6.45, 7) is 2.44. The zero-order valence-corrected chi connectivity index (χ0v) is 18.7. The Bertz CT molecular complexity index is 1010. The van der Waals surface area contributed by atoms with Gasteiger partial charge in [0.25, 0.3) is 0 Å². The van der Waals surface area contributed by atoms with E-state index >= 15 is 0 Å². The monoisotopic (exact) mass is 471 g/mol. The Hall–Kier alpha value is -1.23. The number of benzene rings is 3. The van der Waals surface area contributed by atoms with E-state index in [0.29, 0.717) is 33.7 Å². The van der Waals surface area contributed by atoms with Crippen LogP contribution in [0.1, 0.15) is 18.1 Å². The van der Waals surface area contributed by atoms with Crippen molar-refractivity contribution in [2.24, 2.45) is 0 Å². The van der Waals surface area contributed by atoms with Crippen LogP contribution in [0.25, 0.3) is 0 Å². The number of phenols is 1. The molecule has 0 aliphatic carbocycles. The minimum absolute atomic E-state index is 0.0116. The van der Waals surface area contributed by atoms with Crippen LogP contribution in [-0.2, 0) is 13.0 Å². The van der Waals surface area contributed by atoms with E-state index in [0.717, 1.165) is 20.9 Å². The molecule has 3 rings (SSSR count). The first-order valence-corrected chi connectivity index (χ1v) is 10.9. The van der Waals surface area contributed by atoms with Gasteiger partial charge in [-0.1, -0.05) is 83.3 Å². The molecular formula is C21H17Cl4NOS. The number of aromatic hydroxyl groups is 1. The first-order valence-electron chi connectivity index (χ1n) is 8.55. The van der Waals surface area contributed by atoms with E-state index in [1.807, 2.05) is 43.3 Å². The highest BCUT2D eigenvalue weighted by Gasteiger charge is 2.14. The van der Waals surface area contributed by atoms with E-state index in [1.165, 1.54) is 0 Å². The van der Waals surface area contributed by atoms with Crippen LogP contribution >= 0.6 is 58.2 Å². The van der Waals surface area contributed by atoms with E-state index in [4.69, 9.17) is 46.4 Å². The fourth-order valence-electron chi connectivity index (χ4n) is 2.71. The molecule has 0 unspecified atom stereocenters. The molecule has 2 nitrogen and oxygen atoms in total. The van der Waals surface area contributed by atoms with Crippen LogP contribution < -0.4 is 5.32 Å². The van der Waals surface area contributed by atoms with Crippen LogP contribution in [-0.4, -0.2) is 5.11 Å². The highest BCUT2D eigenvalue weighted by molar-refractivity contribution is 7.99. The van der Waals surface area contributed by atoms with Crippen molar-refractivity contribution in [1.82, 2.24) is 0 Å². The minimum Gasteiger partial charge on any atom is -0.504 e. The Morgan fingerprint density at radius 2 is 1.68 bits per heavy atom. The van der Waals surface area contributed by atoms with Crippen molar-refractivity contribution in [3.63, 3.8) is 0 Å². The summed E-state index contributed by atoms with van der Waals surface area (Å²) >= 11 is 26.3. The van der Waals surface area contributed by atoms with Gasteiger partial charge in [-0.3, -0.25) is 0 Å². The molecule has 0 spiro atoms. The summed E-state index contributed by atoms with van der Waals surface area (Å²) in [5.41, 5.74) is 2.30. The third-order valence-electron chi connectivity index (χ3n) is 4.20. The van der Waals surface area contributed by atoms with E-state index in [2.05, 4.69) is 5.32 Å². The average Bonchev–Trinajstić information content (AvgIpc) is 2.68. The van der Waals surface area contributed by atoms with Crippen molar-refractivity contribution in [2.75, 3.05) is 5.32 Å². The predicted octanol–water partition coefficient (Wildman–Crippen LogP) is 8.33. The second kappa shape index (κ2) is 9.51. The quantitative estimate of drug-likeness (QED) is 0.353. The van der Waals surface area contributed by atoms with Crippen molar-refractivity contribution in [2.45, 2.75) is 29.7 Å². The number of anilines is 1. The fraction of sp³-hybridized carbons (Fsp3) is 0.143. The van der Waals surface area contributed by atoms with Gasteiger partial charge in [0.05, 0.1) is 20.8 Å². The van der Waals surface area contributed by atoms with Crippen LogP contribution in [0.2, 0.25) is 20.1 Å². The third-order valence-corrected chi connectivity index (χ3v) is 6.79. The standard InChI is InChI=1S/C21H17Cl4NOS/c1-2-14-16(23)10-18(21(27)20(14)25)26-11-12-5-3-4-6-19(12)28-13-7-8-15(22)17(24)9-13/h3-10,26-27H,2,11H2,1H3. The Morgan fingerprint density at radius 1 is 0.929 bits per heavy atom. The first kappa shape index (κ1) is 21.5. The number of phenolic OH excluding ortho intramolecular Hbond substituents is 1. The summed E-state index contributed by atoms with van der Waals surface area (Å²) in [7, 11) is 0. The van der Waals surface area contributed by atoms with Crippen LogP contribution in [0.5, 0.6) is 5.75 Å². The molecule has 0 aliphatic heterocycles. The van der Waals surface area contributed by atoms with Crippen LogP contribution in [0, 0.1) is 0 Å². The van der Waals surface area contributed by atoms with Crippen LogP contribution in [0.4, 0.5) is 5.69 Å². The summed E-state index contributed by atoms with van der Waals surface area (Å²) in [5.74, 6) is 0.0116. The molecule has 2 N–H and O–H groups in total. The topological polar surface area (TPSA) is 32.3 Å². The molecule has 3 aromatic rings. The summed E-state index contributed by atoms with van der Waals surface area (Å²) in [6, 6.07) is 15.3. The summed E-state index contributed by atoms with van der Waals surface area (Å²) < 4.78 is 0. The summed E-state index contributed by atoms with van der Waals surface area (Å²) in [6.07, 6.45) is 0.647. The fourth-order valence-corrected chi connectivity index (χ4v) is 4.78. The minimum atomic E-state index is 0.0116. The lowest BCUT2D eigenvalue weighted by atomic mass is 10.1. The highest BCUT2D eigenvalue weighted by atomic mass is 35.5. The van der Waals surface area contributed by atoms with Gasteiger partial charge in [0, 0.05) is 21.4 Å². The second-order valence-electron chi connectivity index (χ2n) is 6.04. The smallest absolute Gasteiger partial charge is 0.157 e. The normalized spacial score (nSPS) is 10.9. The Morgan fingerprint density at radius 3 is 2.39 bits per heavy atom. The lowest BCUT2D eigenvalue weighted by Gasteiger charge is -2.15. The highest BCUT2D eigenvalue weighted by Crippen LogP contribution is 2.40. The number of hydrogen-bond donors (Lipinski definition) is 2. The molecule has 0 bridgehead atoms. The molecule has 0 radical (unpaired) electrons. The molecule has 146 valence electrons. The van der Waals surface area contributed by atoms with E-state index < -0.39 is 0 Å². The van der Waals surface area contributed by atoms with Crippen molar-refractivity contribution in [3.8, 4) is 5.75 Å². The molecule has 0 heterocycles. The zero-order valence-electron chi connectivity index (χ0n) is 14.9. The van der Waals surface area contributed by atoms with E-state index in [9.17, 15) is 5.11 Å². The van der Waals surface area contributed by atoms with Crippen molar-refractivity contribution < 1.29 is 5.11 Å². The van der Waals surface area contributed by atoms with Gasteiger partial charge in [0.1, 0.15) is 0 Å². The van der Waals surface area contributed by atoms with Gasteiger partial charge in [-0.25, -0.2) is 0 Å². The molecule has 0 saturated carbocycles. The van der Waals surface area contributed by atoms with Gasteiger partial charge in [-0.15, -0.1) is 0 Å². The van der Waals surface area contributed by atoms with Gasteiger partial charge in [-0.2, -0.15) is 0 Å². The zero-order chi connectivity index (χ0) is 20.3. The van der Waals surface area contributed by atoms with E-state index in [1.54, 1.807) is 23.9 Å². The maximum atomic E-state index is 10.4. The molecule has 0 atom stereocenters. The molecule has 3 aromatic carbocycles. The second-order valence-corrected chi connectivity index (χ2v) is 8.75. The van der Waals surface area contributed by atoms with Gasteiger partial charge < -0.3 is 10.4 Å². The van der Waals surface area contributed by atoms with Crippen LogP contribution in [0.3, 0.4) is 0 Å². The summed E-state index contributed by atoms with van der Waals surface area (Å²) in [5, 5.41) is 15.5. The van der Waals surface area contributed by atoms with Gasteiger partial charge in [0.2, 0.25) is 0 Å². The number of nitrogens with one attached hydrogen (secondary N) is 1. The lowest BCUT2D eigenvalue weighted by molar-refractivity contribution is 0.476. The SMILES string of the molecule is CCc1c(Cl)cc(NCc2ccccc2Sc2ccc(Cl)c(Cl)c2)c(O)c1Cl. The van der Waals surface area contributed by atoms with Crippen molar-refractivity contribution in [3.05, 3.63) is 79.7 Å². The molecule has 0 fully saturated rings. The number of hydrogen-bond acceptors (Lipinski definition) is 3. The van der Waals surface area contributed by atoms with Crippen LogP contribution in [0.15, 0.2) is 58.3 Å². The average molecular weight is 473 g/mol. The van der Waals surface area contributed by atoms with Gasteiger partial charge >= 0.3 is 0 Å². The van der Waals surface area contributed by atoms with E-state index in [-0.39, 0.29) is 10.8 Å². The Balaban J connectivity index is 1.82. The number of halogens is 4. The van der Waals surface area contributed by atoms with Crippen molar-refractivity contribution in [1.29, 1.82) is 0 Å². The van der Waals surface area contributed by atoms with Crippen molar-refractivity contribution >= 4 is 63.9 Å². The summed E-state index contributed by atoms with van der Waals surface area (Å²) in [4.78, 5) is 2.05. The molecule has 0 aliphatic rings. The molecular weight excluding hydrogens is 456 g/mol. The third kappa shape index (κ3) is 4.84. The molecule has 0 amide bonds. The molecule has 7 heteroatoms. The Labute approximate surface area is 188 Å². The Kier molecular flexibility index (Phi) is 7.30. The van der Waals surface area contributed by atoms with Gasteiger partial charge in [0.15, 0.2) is 5.75 Å². The largest absolute Gasteiger partial charge is 0.504 e. The maximum Gasteiger partial charge on any atom is 0.157 e.